The first-order valence-electron chi connectivity index (χ1n) is 11.6. The monoisotopic (exact) mass is 570 g/mol. The minimum absolute atomic E-state index is 0.0932. The second kappa shape index (κ2) is 10.5. The van der Waals surface area contributed by atoms with Crippen LogP contribution >= 0.6 is 35.8 Å². The molecule has 2 aromatic carbocycles. The number of amides is 1. The van der Waals surface area contributed by atoms with Crippen LogP contribution in [-0.4, -0.2) is 21.0 Å². The number of thiol groups is 1. The molecule has 38 heavy (non-hydrogen) atoms. The molecule has 2 aromatic heterocycles. The quantitative estimate of drug-likeness (QED) is 0.203. The van der Waals surface area contributed by atoms with Crippen LogP contribution in [-0.2, 0) is 15.1 Å². The van der Waals surface area contributed by atoms with E-state index in [9.17, 15) is 18.4 Å². The molecule has 4 aromatic rings. The predicted octanol–water partition coefficient (Wildman–Crippen LogP) is 6.89. The minimum Gasteiger partial charge on any atom is -0.470 e. The molecular formula is C28H21ClF2N2O3S2. The van der Waals surface area contributed by atoms with Gasteiger partial charge in [-0.15, -0.1) is 0 Å². The number of aromatic nitrogens is 1. The Kier molecular flexibility index (Phi) is 7.26. The maximum Gasteiger partial charge on any atom is 0.248 e. The average molecular weight is 571 g/mol. The maximum atomic E-state index is 13.8. The molecule has 3 atom stereocenters. The SMILES string of the molecule is CC(Oc1cccc(C2(c3ccsc3)CC(=O)C(c3ccccc3Cl)C(=O)N2S)n1)c1ccc(F)c(F)c1. The fourth-order valence-corrected chi connectivity index (χ4v) is 6.06. The molecule has 1 saturated heterocycles. The van der Waals surface area contributed by atoms with Gasteiger partial charge in [0.1, 0.15) is 17.6 Å². The third kappa shape index (κ3) is 4.59. The Hall–Kier alpha value is -3.27. The molecule has 0 spiro atoms. The molecule has 3 unspecified atom stereocenters. The van der Waals surface area contributed by atoms with Gasteiger partial charge >= 0.3 is 0 Å². The molecule has 0 aliphatic carbocycles. The summed E-state index contributed by atoms with van der Waals surface area (Å²) in [7, 11) is 0. The van der Waals surface area contributed by atoms with Crippen molar-refractivity contribution in [1.29, 1.82) is 0 Å². The summed E-state index contributed by atoms with van der Waals surface area (Å²) in [5.41, 5.74) is 0.590. The number of hydrogen-bond donors (Lipinski definition) is 1. The van der Waals surface area contributed by atoms with E-state index in [0.29, 0.717) is 27.4 Å². The van der Waals surface area contributed by atoms with E-state index >= 15 is 0 Å². The molecule has 1 aliphatic rings. The minimum atomic E-state index is -1.31. The van der Waals surface area contributed by atoms with E-state index in [1.807, 2.05) is 16.8 Å². The number of carbonyl (C=O) groups is 2. The number of thiophene rings is 1. The van der Waals surface area contributed by atoms with Crippen LogP contribution in [0, 0.1) is 11.6 Å². The summed E-state index contributed by atoms with van der Waals surface area (Å²) in [6.45, 7) is 1.68. The normalized spacial score (nSPS) is 20.4. The number of hydrogen-bond acceptors (Lipinski definition) is 6. The van der Waals surface area contributed by atoms with Crippen molar-refractivity contribution in [2.45, 2.75) is 30.9 Å². The van der Waals surface area contributed by atoms with Gasteiger partial charge in [-0.2, -0.15) is 11.3 Å². The van der Waals surface area contributed by atoms with Crippen LogP contribution in [0.2, 0.25) is 5.02 Å². The van der Waals surface area contributed by atoms with E-state index in [1.165, 1.54) is 21.7 Å². The Morgan fingerprint density at radius 3 is 2.61 bits per heavy atom. The van der Waals surface area contributed by atoms with E-state index in [2.05, 4.69) is 17.8 Å². The van der Waals surface area contributed by atoms with Crippen molar-refractivity contribution in [3.05, 3.63) is 117 Å². The predicted molar refractivity (Wildman–Crippen MR) is 144 cm³/mol. The number of piperidine rings is 1. The fraction of sp³-hybridized carbons (Fsp3) is 0.179. The summed E-state index contributed by atoms with van der Waals surface area (Å²) in [6.07, 6.45) is -0.749. The maximum absolute atomic E-state index is 13.8. The lowest BCUT2D eigenvalue weighted by Gasteiger charge is -2.45. The first-order chi connectivity index (χ1) is 18.2. The summed E-state index contributed by atoms with van der Waals surface area (Å²) < 4.78 is 34.4. The highest BCUT2D eigenvalue weighted by atomic mass is 35.5. The van der Waals surface area contributed by atoms with Gasteiger partial charge < -0.3 is 4.74 Å². The number of pyridine rings is 1. The summed E-state index contributed by atoms with van der Waals surface area (Å²) in [6, 6.07) is 17.1. The van der Waals surface area contributed by atoms with Gasteiger partial charge in [-0.1, -0.05) is 54.7 Å². The third-order valence-corrected chi connectivity index (χ3v) is 8.21. The van der Waals surface area contributed by atoms with Gasteiger partial charge in [0.25, 0.3) is 0 Å². The highest BCUT2D eigenvalue weighted by molar-refractivity contribution is 7.78. The largest absolute Gasteiger partial charge is 0.470 e. The fourth-order valence-electron chi connectivity index (χ4n) is 4.69. The molecule has 1 fully saturated rings. The number of benzene rings is 2. The van der Waals surface area contributed by atoms with Crippen LogP contribution in [0.4, 0.5) is 8.78 Å². The summed E-state index contributed by atoms with van der Waals surface area (Å²) in [4.78, 5) is 32.0. The lowest BCUT2D eigenvalue weighted by molar-refractivity contribution is -0.142. The molecule has 10 heteroatoms. The van der Waals surface area contributed by atoms with Crippen LogP contribution in [0.3, 0.4) is 0 Å². The highest BCUT2D eigenvalue weighted by Gasteiger charge is 2.53. The van der Waals surface area contributed by atoms with Crippen molar-refractivity contribution < 1.29 is 23.1 Å². The van der Waals surface area contributed by atoms with Crippen molar-refractivity contribution in [2.75, 3.05) is 0 Å². The van der Waals surface area contributed by atoms with E-state index in [4.69, 9.17) is 16.3 Å². The Balaban J connectivity index is 1.54. The number of rotatable bonds is 6. The molecule has 1 aliphatic heterocycles. The van der Waals surface area contributed by atoms with Crippen LogP contribution in [0.1, 0.15) is 47.8 Å². The van der Waals surface area contributed by atoms with Crippen LogP contribution in [0.15, 0.2) is 77.5 Å². The lowest BCUT2D eigenvalue weighted by Crippen LogP contribution is -2.54. The van der Waals surface area contributed by atoms with Crippen molar-refractivity contribution in [3.8, 4) is 5.88 Å². The summed E-state index contributed by atoms with van der Waals surface area (Å²) >= 11 is 12.4. The number of carbonyl (C=O) groups excluding carboxylic acids is 2. The molecule has 0 radical (unpaired) electrons. The third-order valence-electron chi connectivity index (χ3n) is 6.64. The first-order valence-corrected chi connectivity index (χ1v) is 13.4. The number of Topliss-reactive ketones (excluding diaryl/α,β-unsaturated/α-hetero) is 1. The molecule has 5 rings (SSSR count). The van der Waals surface area contributed by atoms with Crippen LogP contribution < -0.4 is 4.74 Å². The Labute approximate surface area is 232 Å². The van der Waals surface area contributed by atoms with Crippen molar-refractivity contribution in [1.82, 2.24) is 9.29 Å². The molecule has 5 nitrogen and oxygen atoms in total. The highest BCUT2D eigenvalue weighted by Crippen LogP contribution is 2.48. The van der Waals surface area contributed by atoms with E-state index < -0.39 is 35.1 Å². The zero-order chi connectivity index (χ0) is 27.0. The molecule has 0 saturated carbocycles. The number of ether oxygens (including phenoxy) is 1. The zero-order valence-corrected chi connectivity index (χ0v) is 22.4. The second-order valence-corrected chi connectivity index (χ2v) is 10.5. The van der Waals surface area contributed by atoms with Crippen molar-refractivity contribution >= 4 is 47.4 Å². The Morgan fingerprint density at radius 1 is 1.11 bits per heavy atom. The van der Waals surface area contributed by atoms with Gasteiger partial charge in [-0.05, 0) is 64.7 Å². The number of ketones is 1. The molecule has 194 valence electrons. The first kappa shape index (κ1) is 26.3. The smallest absolute Gasteiger partial charge is 0.248 e. The number of halogens is 3. The van der Waals surface area contributed by atoms with Gasteiger partial charge in [0.05, 0.1) is 5.69 Å². The molecular weight excluding hydrogens is 550 g/mol. The van der Waals surface area contributed by atoms with Crippen LogP contribution in [0.5, 0.6) is 5.88 Å². The second-order valence-electron chi connectivity index (χ2n) is 8.91. The molecule has 1 amide bonds. The Morgan fingerprint density at radius 2 is 1.89 bits per heavy atom. The molecule has 3 heterocycles. The van der Waals surface area contributed by atoms with E-state index in [0.717, 1.165) is 12.1 Å². The summed E-state index contributed by atoms with van der Waals surface area (Å²) in [5.74, 6) is -3.68. The molecule has 0 N–H and O–H groups in total. The van der Waals surface area contributed by atoms with Gasteiger partial charge in [-0.25, -0.2) is 13.8 Å². The van der Waals surface area contributed by atoms with Crippen molar-refractivity contribution in [3.63, 3.8) is 0 Å². The van der Waals surface area contributed by atoms with Gasteiger partial charge in [0.15, 0.2) is 17.4 Å². The van der Waals surface area contributed by atoms with Crippen molar-refractivity contribution in [2.24, 2.45) is 0 Å². The standard InChI is InChI=1S/C28H21ClF2N2O3S2/c1-16(17-9-10-21(30)22(31)13-17)36-25-8-4-7-24(32-25)28(18-11-12-38-15-18)14-23(34)26(27(35)33(28)37)19-5-2-3-6-20(19)29/h2-13,15-16,26,37H,14H2,1H3. The zero-order valence-electron chi connectivity index (χ0n) is 20.0. The van der Waals surface area contributed by atoms with Gasteiger partial charge in [0, 0.05) is 17.5 Å². The number of nitrogens with zero attached hydrogens (tertiary/aromatic N) is 2. The topological polar surface area (TPSA) is 59.5 Å². The van der Waals surface area contributed by atoms with Crippen LogP contribution in [0.25, 0.3) is 0 Å². The average Bonchev–Trinajstić information content (AvgIpc) is 3.45. The van der Waals surface area contributed by atoms with E-state index in [-0.39, 0.29) is 18.1 Å². The molecule has 0 bridgehead atoms. The summed E-state index contributed by atoms with van der Waals surface area (Å²) in [5, 5.41) is 4.02. The Bertz CT molecular complexity index is 1520. The lowest BCUT2D eigenvalue weighted by atomic mass is 9.75. The van der Waals surface area contributed by atoms with Gasteiger partial charge in [0.2, 0.25) is 11.8 Å². The van der Waals surface area contributed by atoms with E-state index in [1.54, 1.807) is 49.4 Å². The van der Waals surface area contributed by atoms with Gasteiger partial charge in [-0.3, -0.25) is 13.9 Å².